The summed E-state index contributed by atoms with van der Waals surface area (Å²) in [6, 6.07) is 12.3. The molecule has 148 valence electrons. The molecule has 0 unspecified atom stereocenters. The second-order valence-corrected chi connectivity index (χ2v) is 7.35. The van der Waals surface area contributed by atoms with Gasteiger partial charge >= 0.3 is 0 Å². The van der Waals surface area contributed by atoms with Crippen molar-refractivity contribution in [2.45, 2.75) is 39.5 Å². The van der Waals surface area contributed by atoms with Gasteiger partial charge in [0.15, 0.2) is 0 Å². The van der Waals surface area contributed by atoms with Crippen molar-refractivity contribution in [3.8, 4) is 11.3 Å². The number of aromatic nitrogens is 4. The highest BCUT2D eigenvalue weighted by molar-refractivity contribution is 5.96. The largest absolute Gasteiger partial charge is 0.342 e. The van der Waals surface area contributed by atoms with Gasteiger partial charge in [0.25, 0.3) is 5.91 Å². The summed E-state index contributed by atoms with van der Waals surface area (Å²) in [6.45, 7) is 4.59. The number of benzene rings is 1. The average molecular weight is 380 g/mol. The molecule has 0 saturated heterocycles. The average Bonchev–Trinajstić information content (AvgIpc) is 3.26. The van der Waals surface area contributed by atoms with Gasteiger partial charge in [-0.2, -0.15) is 10.2 Å². The predicted octanol–water partition coefficient (Wildman–Crippen LogP) is 3.91. The van der Waals surface area contributed by atoms with Crippen molar-refractivity contribution in [2.75, 3.05) is 13.6 Å². The minimum atomic E-state index is 0.0594. The van der Waals surface area contributed by atoms with Crippen LogP contribution in [0.1, 0.15) is 46.7 Å². The summed E-state index contributed by atoms with van der Waals surface area (Å²) in [4.78, 5) is 14.5. The maximum absolute atomic E-state index is 12.7. The van der Waals surface area contributed by atoms with Crippen LogP contribution in [0.3, 0.4) is 0 Å². The molecule has 0 aliphatic rings. The lowest BCUT2D eigenvalue weighted by atomic mass is 10.1. The number of nitrogens with one attached hydrogen (secondary N) is 1. The fourth-order valence-corrected chi connectivity index (χ4v) is 3.46. The van der Waals surface area contributed by atoms with Gasteiger partial charge in [-0.3, -0.25) is 14.6 Å². The lowest BCUT2D eigenvalue weighted by Crippen LogP contribution is -2.28. The van der Waals surface area contributed by atoms with Gasteiger partial charge < -0.3 is 4.90 Å². The van der Waals surface area contributed by atoms with Crippen molar-refractivity contribution in [2.24, 2.45) is 7.05 Å². The number of aryl methyl sites for hydroxylation is 3. The minimum absolute atomic E-state index is 0.0594. The summed E-state index contributed by atoms with van der Waals surface area (Å²) in [7, 11) is 3.74. The molecule has 0 fully saturated rings. The van der Waals surface area contributed by atoms with Crippen LogP contribution in [0.5, 0.6) is 0 Å². The number of unbranched alkanes of at least 4 members (excludes halogenated alkanes) is 2. The number of rotatable bonds is 8. The highest BCUT2D eigenvalue weighted by Gasteiger charge is 2.20. The van der Waals surface area contributed by atoms with E-state index in [2.05, 4.69) is 33.5 Å². The number of nitrogens with zero attached hydrogens (tertiary/aromatic N) is 4. The van der Waals surface area contributed by atoms with E-state index in [1.807, 2.05) is 46.1 Å². The summed E-state index contributed by atoms with van der Waals surface area (Å²) in [5, 5.41) is 11.9. The zero-order valence-corrected chi connectivity index (χ0v) is 17.2. The summed E-state index contributed by atoms with van der Waals surface area (Å²) in [5.41, 5.74) is 5.73. The number of H-pyrrole nitrogens is 1. The van der Waals surface area contributed by atoms with Crippen LogP contribution in [-0.2, 0) is 13.5 Å². The maximum Gasteiger partial charge on any atom is 0.257 e. The predicted molar refractivity (Wildman–Crippen MR) is 111 cm³/mol. The Morgan fingerprint density at radius 1 is 1.14 bits per heavy atom. The first kappa shape index (κ1) is 19.9. The third-order valence-corrected chi connectivity index (χ3v) is 5.21. The highest BCUT2D eigenvalue weighted by atomic mass is 16.2. The van der Waals surface area contributed by atoms with Crippen molar-refractivity contribution in [1.29, 1.82) is 0 Å². The Labute approximate surface area is 166 Å². The van der Waals surface area contributed by atoms with E-state index in [4.69, 9.17) is 0 Å². The maximum atomic E-state index is 12.7. The highest BCUT2D eigenvalue weighted by Crippen LogP contribution is 2.18. The Morgan fingerprint density at radius 3 is 2.57 bits per heavy atom. The molecule has 1 aromatic carbocycles. The van der Waals surface area contributed by atoms with Crippen LogP contribution in [0, 0.1) is 13.8 Å². The number of hydrogen-bond donors (Lipinski definition) is 1. The number of hydrogen-bond acceptors (Lipinski definition) is 3. The molecule has 3 rings (SSSR count). The van der Waals surface area contributed by atoms with Crippen molar-refractivity contribution < 1.29 is 4.79 Å². The lowest BCUT2D eigenvalue weighted by Gasteiger charge is -2.17. The number of carbonyl (C=O) groups excluding carboxylic acids is 1. The molecule has 0 bridgehead atoms. The quantitative estimate of drug-likeness (QED) is 0.603. The summed E-state index contributed by atoms with van der Waals surface area (Å²) < 4.78 is 1.77. The Morgan fingerprint density at radius 2 is 1.89 bits per heavy atom. The molecule has 2 heterocycles. The fraction of sp³-hybridized carbons (Fsp3) is 0.409. The summed E-state index contributed by atoms with van der Waals surface area (Å²) >= 11 is 0. The Balaban J connectivity index is 1.42. The van der Waals surface area contributed by atoms with Gasteiger partial charge in [-0.25, -0.2) is 0 Å². The molecule has 0 spiro atoms. The minimum Gasteiger partial charge on any atom is -0.342 e. The van der Waals surface area contributed by atoms with Crippen molar-refractivity contribution in [3.63, 3.8) is 0 Å². The molecule has 0 atom stereocenters. The molecule has 0 saturated carbocycles. The molecule has 6 nitrogen and oxygen atoms in total. The van der Waals surface area contributed by atoms with E-state index in [1.165, 1.54) is 0 Å². The molecular formula is C22H29N5O. The smallest absolute Gasteiger partial charge is 0.257 e. The van der Waals surface area contributed by atoms with E-state index in [0.29, 0.717) is 0 Å². The lowest BCUT2D eigenvalue weighted by molar-refractivity contribution is 0.0791. The number of amides is 1. The molecule has 1 N–H and O–H groups in total. The van der Waals surface area contributed by atoms with Crippen LogP contribution in [0.2, 0.25) is 0 Å². The molecule has 0 radical (unpaired) electrons. The van der Waals surface area contributed by atoms with Gasteiger partial charge in [0.1, 0.15) is 0 Å². The van der Waals surface area contributed by atoms with Crippen molar-refractivity contribution >= 4 is 5.91 Å². The first-order chi connectivity index (χ1) is 13.5. The number of carbonyl (C=O) groups is 1. The standard InChI is InChI=1S/C22H29N5O/c1-16-21(17(2)27(4)25-16)22(28)26(3)14-10-6-9-13-19-15-20(24-23-19)18-11-7-5-8-12-18/h5,7-8,11-12,15H,6,9-10,13-14H2,1-4H3,(H,23,24). The topological polar surface area (TPSA) is 66.8 Å². The van der Waals surface area contributed by atoms with E-state index in [9.17, 15) is 4.79 Å². The van der Waals surface area contributed by atoms with Gasteiger partial charge in [-0.05, 0) is 39.2 Å². The number of aromatic amines is 1. The third-order valence-electron chi connectivity index (χ3n) is 5.21. The molecule has 6 heteroatoms. The van der Waals surface area contributed by atoms with Gasteiger partial charge in [-0.1, -0.05) is 36.8 Å². The molecule has 28 heavy (non-hydrogen) atoms. The van der Waals surface area contributed by atoms with Crippen molar-refractivity contribution in [3.05, 3.63) is 59.0 Å². The van der Waals surface area contributed by atoms with Crippen LogP contribution >= 0.6 is 0 Å². The van der Waals surface area contributed by atoms with E-state index >= 15 is 0 Å². The normalized spacial score (nSPS) is 11.0. The Kier molecular flexibility index (Phi) is 6.29. The van der Waals surface area contributed by atoms with Crippen molar-refractivity contribution in [1.82, 2.24) is 24.9 Å². The first-order valence-corrected chi connectivity index (χ1v) is 9.82. The second kappa shape index (κ2) is 8.87. The van der Waals surface area contributed by atoms with E-state index in [1.54, 1.807) is 9.58 Å². The summed E-state index contributed by atoms with van der Waals surface area (Å²) in [6.07, 6.45) is 4.10. The van der Waals surface area contributed by atoms with E-state index in [-0.39, 0.29) is 5.91 Å². The fourth-order valence-electron chi connectivity index (χ4n) is 3.46. The summed E-state index contributed by atoms with van der Waals surface area (Å²) in [5.74, 6) is 0.0594. The van der Waals surface area contributed by atoms with Gasteiger partial charge in [0.2, 0.25) is 0 Å². The van der Waals surface area contributed by atoms with Crippen LogP contribution in [0.4, 0.5) is 0 Å². The van der Waals surface area contributed by atoms with Crippen LogP contribution < -0.4 is 0 Å². The Bertz CT molecular complexity index is 926. The van der Waals surface area contributed by atoms with Crippen LogP contribution in [-0.4, -0.2) is 44.4 Å². The molecule has 0 aliphatic carbocycles. The monoisotopic (exact) mass is 379 g/mol. The third kappa shape index (κ3) is 4.50. The zero-order chi connectivity index (χ0) is 20.1. The first-order valence-electron chi connectivity index (χ1n) is 9.82. The molecule has 2 aromatic heterocycles. The Hall–Kier alpha value is -2.89. The second-order valence-electron chi connectivity index (χ2n) is 7.35. The van der Waals surface area contributed by atoms with Crippen LogP contribution in [0.25, 0.3) is 11.3 Å². The molecule has 0 aliphatic heterocycles. The SMILES string of the molecule is Cc1nn(C)c(C)c1C(=O)N(C)CCCCCc1cc(-c2ccccc2)n[nH]1. The molecule has 1 amide bonds. The van der Waals surface area contributed by atoms with E-state index < -0.39 is 0 Å². The molecular weight excluding hydrogens is 350 g/mol. The van der Waals surface area contributed by atoms with Gasteiger partial charge in [0, 0.05) is 37.6 Å². The zero-order valence-electron chi connectivity index (χ0n) is 17.2. The van der Waals surface area contributed by atoms with Gasteiger partial charge in [0.05, 0.1) is 17.0 Å². The van der Waals surface area contributed by atoms with Gasteiger partial charge in [-0.15, -0.1) is 0 Å². The molecule has 3 aromatic rings. The van der Waals surface area contributed by atoms with E-state index in [0.717, 1.165) is 66.1 Å². The van der Waals surface area contributed by atoms with Crippen LogP contribution in [0.15, 0.2) is 36.4 Å².